The first-order chi connectivity index (χ1) is 15.0. The topological polar surface area (TPSA) is 81.4 Å². The molecule has 8 heteroatoms. The number of oxazole rings is 1. The monoisotopic (exact) mass is 452 g/mol. The number of benzene rings is 2. The molecule has 0 aliphatic heterocycles. The van der Waals surface area contributed by atoms with Gasteiger partial charge in [0.2, 0.25) is 5.89 Å². The van der Waals surface area contributed by atoms with E-state index in [0.29, 0.717) is 39.4 Å². The van der Waals surface area contributed by atoms with Gasteiger partial charge in [0.15, 0.2) is 0 Å². The molecule has 0 saturated heterocycles. The van der Waals surface area contributed by atoms with Crippen LogP contribution in [0.15, 0.2) is 70.5 Å². The van der Waals surface area contributed by atoms with Gasteiger partial charge in [0, 0.05) is 5.69 Å². The fourth-order valence-electron chi connectivity index (χ4n) is 2.85. The number of esters is 1. The highest BCUT2D eigenvalue weighted by atomic mass is 35.5. The van der Waals surface area contributed by atoms with Crippen LogP contribution in [0.4, 0.5) is 5.69 Å². The van der Waals surface area contributed by atoms with E-state index < -0.39 is 5.97 Å². The van der Waals surface area contributed by atoms with Gasteiger partial charge in [-0.25, -0.2) is 4.98 Å². The summed E-state index contributed by atoms with van der Waals surface area (Å²) >= 11 is 7.56. The lowest BCUT2D eigenvalue weighted by molar-refractivity contribution is -0.133. The lowest BCUT2D eigenvalue weighted by Gasteiger charge is -2.08. The molecule has 1 amide bonds. The van der Waals surface area contributed by atoms with Gasteiger partial charge in [0.1, 0.15) is 11.5 Å². The molecule has 0 aliphatic carbocycles. The van der Waals surface area contributed by atoms with Gasteiger partial charge in [-0.3, -0.25) is 9.59 Å². The fraction of sp³-hybridized carbons (Fsp3) is 0.0870. The minimum atomic E-state index is -0.456. The summed E-state index contributed by atoms with van der Waals surface area (Å²) in [4.78, 5) is 30.0. The summed E-state index contributed by atoms with van der Waals surface area (Å²) in [5, 5.41) is 5.06. The number of aryl methyl sites for hydroxylation is 1. The molecule has 0 spiro atoms. The zero-order valence-electron chi connectivity index (χ0n) is 16.4. The zero-order chi connectivity index (χ0) is 21.8. The first-order valence-electron chi connectivity index (χ1n) is 9.36. The number of aromatic nitrogens is 1. The van der Waals surface area contributed by atoms with E-state index in [1.54, 1.807) is 55.5 Å². The van der Waals surface area contributed by atoms with Crippen molar-refractivity contribution in [2.24, 2.45) is 0 Å². The van der Waals surface area contributed by atoms with Gasteiger partial charge in [-0.2, -0.15) is 0 Å². The number of anilines is 1. The predicted molar refractivity (Wildman–Crippen MR) is 120 cm³/mol. The number of carbonyl (C=O) groups excluding carboxylic acids is 2. The summed E-state index contributed by atoms with van der Waals surface area (Å²) in [5.41, 5.74) is 1.47. The van der Waals surface area contributed by atoms with E-state index in [-0.39, 0.29) is 12.3 Å². The summed E-state index contributed by atoms with van der Waals surface area (Å²) in [6, 6.07) is 17.1. The van der Waals surface area contributed by atoms with Crippen molar-refractivity contribution in [3.05, 3.63) is 88.1 Å². The Labute approximate surface area is 187 Å². The van der Waals surface area contributed by atoms with E-state index in [1.165, 1.54) is 11.3 Å². The highest BCUT2D eigenvalue weighted by molar-refractivity contribution is 7.13. The van der Waals surface area contributed by atoms with E-state index in [1.807, 2.05) is 17.5 Å². The van der Waals surface area contributed by atoms with Gasteiger partial charge in [-0.05, 0) is 54.8 Å². The normalized spacial score (nSPS) is 10.6. The van der Waals surface area contributed by atoms with Gasteiger partial charge in [0.05, 0.1) is 27.6 Å². The molecule has 0 bridgehead atoms. The molecule has 31 heavy (non-hydrogen) atoms. The van der Waals surface area contributed by atoms with Gasteiger partial charge in [-0.1, -0.05) is 29.8 Å². The number of amides is 1. The van der Waals surface area contributed by atoms with Crippen LogP contribution < -0.4 is 10.1 Å². The first-order valence-corrected chi connectivity index (χ1v) is 10.6. The van der Waals surface area contributed by atoms with Crippen molar-refractivity contribution in [3.63, 3.8) is 0 Å². The second kappa shape index (κ2) is 9.16. The highest BCUT2D eigenvalue weighted by Gasteiger charge is 2.17. The largest absolute Gasteiger partial charge is 0.440 e. The number of nitrogens with zero attached hydrogens (tertiary/aromatic N) is 1. The average Bonchev–Trinajstić information content (AvgIpc) is 3.40. The Morgan fingerprint density at radius 1 is 1.10 bits per heavy atom. The Bertz CT molecular complexity index is 1220. The Balaban J connectivity index is 1.36. The number of ether oxygens (including phenoxy) is 1. The molecular weight excluding hydrogens is 436 g/mol. The van der Waals surface area contributed by atoms with Crippen LogP contribution in [-0.4, -0.2) is 16.9 Å². The maximum absolute atomic E-state index is 12.3. The van der Waals surface area contributed by atoms with Crippen molar-refractivity contribution in [1.82, 2.24) is 4.98 Å². The Morgan fingerprint density at radius 2 is 1.87 bits per heavy atom. The van der Waals surface area contributed by atoms with Crippen LogP contribution in [0.5, 0.6) is 5.75 Å². The maximum Gasteiger partial charge on any atom is 0.317 e. The third-order valence-electron chi connectivity index (χ3n) is 4.40. The van der Waals surface area contributed by atoms with Gasteiger partial charge in [0.25, 0.3) is 5.91 Å². The van der Waals surface area contributed by atoms with Crippen LogP contribution in [0.2, 0.25) is 5.02 Å². The molecular formula is C23H17ClN2O4S. The standard InChI is InChI=1S/C23H17ClN2O4S/c1-14-19(26-23(29-14)20-7-4-12-31-20)13-21(27)30-16-10-8-15(9-11-16)25-22(28)17-5-2-3-6-18(17)24/h2-12H,13H2,1H3,(H,25,28). The van der Waals surface area contributed by atoms with Crippen molar-refractivity contribution in [1.29, 1.82) is 0 Å². The van der Waals surface area contributed by atoms with Crippen molar-refractivity contribution >= 4 is 40.5 Å². The number of hydrogen-bond donors (Lipinski definition) is 1. The summed E-state index contributed by atoms with van der Waals surface area (Å²) in [7, 11) is 0. The molecule has 4 rings (SSSR count). The Kier molecular flexibility index (Phi) is 6.16. The average molecular weight is 453 g/mol. The SMILES string of the molecule is Cc1oc(-c2cccs2)nc1CC(=O)Oc1ccc(NC(=O)c2ccccc2Cl)cc1. The summed E-state index contributed by atoms with van der Waals surface area (Å²) < 4.78 is 11.0. The summed E-state index contributed by atoms with van der Waals surface area (Å²) in [6.45, 7) is 1.77. The lowest BCUT2D eigenvalue weighted by atomic mass is 10.2. The van der Waals surface area contributed by atoms with Crippen molar-refractivity contribution in [2.75, 3.05) is 5.32 Å². The summed E-state index contributed by atoms with van der Waals surface area (Å²) in [5.74, 6) is 0.660. The number of thiophene rings is 1. The molecule has 156 valence electrons. The third-order valence-corrected chi connectivity index (χ3v) is 5.59. The van der Waals surface area contributed by atoms with Crippen LogP contribution in [0.3, 0.4) is 0 Å². The second-order valence-corrected chi connectivity index (χ2v) is 7.96. The number of carbonyl (C=O) groups is 2. The minimum absolute atomic E-state index is 0.00823. The number of halogens is 1. The molecule has 2 aromatic heterocycles. The molecule has 0 radical (unpaired) electrons. The molecule has 1 N–H and O–H groups in total. The van der Waals surface area contributed by atoms with Gasteiger partial charge < -0.3 is 14.5 Å². The number of hydrogen-bond acceptors (Lipinski definition) is 6. The quantitative estimate of drug-likeness (QED) is 0.297. The van der Waals surface area contributed by atoms with Crippen molar-refractivity contribution in [2.45, 2.75) is 13.3 Å². The van der Waals surface area contributed by atoms with E-state index >= 15 is 0 Å². The Hall–Kier alpha value is -3.42. The molecule has 2 heterocycles. The molecule has 0 atom stereocenters. The number of nitrogens with one attached hydrogen (secondary N) is 1. The van der Waals surface area contributed by atoms with Crippen LogP contribution >= 0.6 is 22.9 Å². The number of rotatable bonds is 6. The van der Waals surface area contributed by atoms with Crippen molar-refractivity contribution < 1.29 is 18.7 Å². The molecule has 4 aromatic rings. The van der Waals surface area contributed by atoms with Crippen LogP contribution in [0.1, 0.15) is 21.8 Å². The summed E-state index contributed by atoms with van der Waals surface area (Å²) in [6.07, 6.45) is -0.00823. The second-order valence-electron chi connectivity index (χ2n) is 6.61. The molecule has 0 aliphatic rings. The molecule has 6 nitrogen and oxygen atoms in total. The highest BCUT2D eigenvalue weighted by Crippen LogP contribution is 2.26. The van der Waals surface area contributed by atoms with E-state index in [0.717, 1.165) is 4.88 Å². The van der Waals surface area contributed by atoms with Crippen LogP contribution in [-0.2, 0) is 11.2 Å². The Morgan fingerprint density at radius 3 is 2.58 bits per heavy atom. The molecule has 0 saturated carbocycles. The molecule has 0 unspecified atom stereocenters. The van der Waals surface area contributed by atoms with E-state index in [4.69, 9.17) is 20.8 Å². The smallest absolute Gasteiger partial charge is 0.317 e. The van der Waals surface area contributed by atoms with Gasteiger partial charge >= 0.3 is 5.97 Å². The lowest BCUT2D eigenvalue weighted by Crippen LogP contribution is -2.13. The van der Waals surface area contributed by atoms with E-state index in [2.05, 4.69) is 10.3 Å². The van der Waals surface area contributed by atoms with E-state index in [9.17, 15) is 9.59 Å². The molecule has 0 fully saturated rings. The first kappa shape index (κ1) is 20.8. The van der Waals surface area contributed by atoms with Crippen LogP contribution in [0, 0.1) is 6.92 Å². The van der Waals surface area contributed by atoms with Crippen LogP contribution in [0.25, 0.3) is 10.8 Å². The molecule has 2 aromatic carbocycles. The third kappa shape index (κ3) is 5.02. The maximum atomic E-state index is 12.3. The predicted octanol–water partition coefficient (Wildman–Crippen LogP) is 5.77. The van der Waals surface area contributed by atoms with Gasteiger partial charge in [-0.15, -0.1) is 11.3 Å². The zero-order valence-corrected chi connectivity index (χ0v) is 18.0. The van der Waals surface area contributed by atoms with Crippen molar-refractivity contribution in [3.8, 4) is 16.5 Å². The minimum Gasteiger partial charge on any atom is -0.440 e. The fourth-order valence-corrected chi connectivity index (χ4v) is 3.72.